The molecular formula is C30H33NO3. The average molecular weight is 456 g/mol. The van der Waals surface area contributed by atoms with E-state index < -0.39 is 0 Å². The molecule has 0 aliphatic heterocycles. The van der Waals surface area contributed by atoms with E-state index in [1.54, 1.807) is 7.11 Å². The molecule has 0 aromatic heterocycles. The molecule has 0 N–H and O–H groups in total. The van der Waals surface area contributed by atoms with E-state index in [0.29, 0.717) is 18.6 Å². The number of nitrogens with zero attached hydrogens (tertiary/aromatic N) is 1. The summed E-state index contributed by atoms with van der Waals surface area (Å²) in [6.45, 7) is 7.88. The molecule has 0 heterocycles. The Morgan fingerprint density at radius 1 is 0.912 bits per heavy atom. The highest BCUT2D eigenvalue weighted by Crippen LogP contribution is 2.40. The van der Waals surface area contributed by atoms with Crippen LogP contribution >= 0.6 is 0 Å². The van der Waals surface area contributed by atoms with Crippen molar-refractivity contribution < 1.29 is 14.3 Å². The number of ether oxygens (including phenoxy) is 2. The normalized spacial score (nSPS) is 14.9. The van der Waals surface area contributed by atoms with Crippen molar-refractivity contribution in [3.63, 3.8) is 0 Å². The summed E-state index contributed by atoms with van der Waals surface area (Å²) in [7, 11) is 1.67. The van der Waals surface area contributed by atoms with Crippen molar-refractivity contribution >= 4 is 17.4 Å². The van der Waals surface area contributed by atoms with Gasteiger partial charge in [-0.05, 0) is 78.2 Å². The molecule has 4 rings (SSSR count). The lowest BCUT2D eigenvalue weighted by Gasteiger charge is -2.25. The minimum atomic E-state index is -0.215. The van der Waals surface area contributed by atoms with Crippen LogP contribution in [0.2, 0.25) is 0 Å². The number of rotatable bonds is 10. The molecule has 0 saturated carbocycles. The van der Waals surface area contributed by atoms with Gasteiger partial charge in [-0.15, -0.1) is 0 Å². The number of ketones is 1. The lowest BCUT2D eigenvalue weighted by molar-refractivity contribution is 0.0960. The molecule has 1 unspecified atom stereocenters. The van der Waals surface area contributed by atoms with E-state index in [1.807, 2.05) is 48.5 Å². The Labute approximate surface area is 202 Å². The standard InChI is InChI=1S/C30H33NO3/c1-4-31(5-2)18-19-34-27-16-12-23(13-17-27)30(32)29-21-25(20-24-8-6-7-9-28(24)29)22-10-14-26(33-3)15-11-22/h6-17,20,29H,4-5,18-19,21H2,1-3H3. The Balaban J connectivity index is 1.51. The fourth-order valence-electron chi connectivity index (χ4n) is 4.53. The Hall–Kier alpha value is -3.37. The van der Waals surface area contributed by atoms with Gasteiger partial charge < -0.3 is 14.4 Å². The molecule has 0 saturated heterocycles. The zero-order chi connectivity index (χ0) is 23.9. The molecule has 1 atom stereocenters. The summed E-state index contributed by atoms with van der Waals surface area (Å²) in [5.74, 6) is 1.55. The van der Waals surface area contributed by atoms with Gasteiger partial charge in [-0.3, -0.25) is 4.79 Å². The van der Waals surface area contributed by atoms with Gasteiger partial charge in [0, 0.05) is 12.1 Å². The van der Waals surface area contributed by atoms with Gasteiger partial charge in [-0.25, -0.2) is 0 Å². The third kappa shape index (κ3) is 5.40. The lowest BCUT2D eigenvalue weighted by atomic mass is 9.77. The first kappa shape index (κ1) is 23.8. The van der Waals surface area contributed by atoms with E-state index >= 15 is 0 Å². The molecule has 4 nitrogen and oxygen atoms in total. The topological polar surface area (TPSA) is 38.8 Å². The Kier molecular flexibility index (Phi) is 7.81. The van der Waals surface area contributed by atoms with Gasteiger partial charge in [-0.1, -0.05) is 56.3 Å². The summed E-state index contributed by atoms with van der Waals surface area (Å²) < 4.78 is 11.2. The number of carbonyl (C=O) groups is 1. The zero-order valence-electron chi connectivity index (χ0n) is 20.3. The van der Waals surface area contributed by atoms with E-state index in [9.17, 15) is 4.79 Å². The monoisotopic (exact) mass is 455 g/mol. The number of hydrogen-bond donors (Lipinski definition) is 0. The number of allylic oxidation sites excluding steroid dienone is 1. The number of likely N-dealkylation sites (N-methyl/N-ethyl adjacent to an activating group) is 1. The van der Waals surface area contributed by atoms with Crippen LogP contribution in [0.25, 0.3) is 11.6 Å². The highest BCUT2D eigenvalue weighted by Gasteiger charge is 2.28. The van der Waals surface area contributed by atoms with Gasteiger partial charge in [0.05, 0.1) is 13.0 Å². The smallest absolute Gasteiger partial charge is 0.170 e. The van der Waals surface area contributed by atoms with E-state index in [1.165, 1.54) is 0 Å². The maximum absolute atomic E-state index is 13.6. The second-order valence-electron chi connectivity index (χ2n) is 8.55. The molecule has 0 bridgehead atoms. The molecule has 176 valence electrons. The average Bonchev–Trinajstić information content (AvgIpc) is 2.90. The van der Waals surface area contributed by atoms with Crippen molar-refractivity contribution in [2.24, 2.45) is 0 Å². The molecular weight excluding hydrogens is 422 g/mol. The van der Waals surface area contributed by atoms with Crippen LogP contribution in [-0.4, -0.2) is 44.0 Å². The Bertz CT molecular complexity index is 1130. The summed E-state index contributed by atoms with van der Waals surface area (Å²) in [6.07, 6.45) is 2.87. The van der Waals surface area contributed by atoms with Crippen molar-refractivity contribution in [3.8, 4) is 11.5 Å². The molecule has 0 spiro atoms. The Morgan fingerprint density at radius 3 is 2.26 bits per heavy atom. The number of Topliss-reactive ketones (excluding diaryl/α,β-unsaturated/α-hetero) is 1. The molecule has 0 amide bonds. The van der Waals surface area contributed by atoms with Crippen molar-refractivity contribution in [2.75, 3.05) is 33.4 Å². The third-order valence-electron chi connectivity index (χ3n) is 6.61. The van der Waals surface area contributed by atoms with Crippen molar-refractivity contribution in [1.29, 1.82) is 0 Å². The van der Waals surface area contributed by atoms with Gasteiger partial charge in [0.15, 0.2) is 5.78 Å². The maximum Gasteiger partial charge on any atom is 0.170 e. The molecule has 4 heteroatoms. The predicted octanol–water partition coefficient (Wildman–Crippen LogP) is 6.33. The number of benzene rings is 3. The first-order valence-electron chi connectivity index (χ1n) is 12.1. The van der Waals surface area contributed by atoms with Crippen LogP contribution in [0.5, 0.6) is 11.5 Å². The van der Waals surface area contributed by atoms with Gasteiger partial charge in [0.1, 0.15) is 18.1 Å². The molecule has 1 aliphatic rings. The highest BCUT2D eigenvalue weighted by molar-refractivity contribution is 6.04. The van der Waals surface area contributed by atoms with Gasteiger partial charge in [0.25, 0.3) is 0 Å². The van der Waals surface area contributed by atoms with Crippen LogP contribution < -0.4 is 9.47 Å². The van der Waals surface area contributed by atoms with Crippen LogP contribution in [0.1, 0.15) is 53.2 Å². The third-order valence-corrected chi connectivity index (χ3v) is 6.61. The minimum absolute atomic E-state index is 0.140. The van der Waals surface area contributed by atoms with Crippen LogP contribution in [0, 0.1) is 0 Å². The fourth-order valence-corrected chi connectivity index (χ4v) is 4.53. The van der Waals surface area contributed by atoms with Gasteiger partial charge in [0.2, 0.25) is 0 Å². The zero-order valence-corrected chi connectivity index (χ0v) is 20.3. The number of hydrogen-bond acceptors (Lipinski definition) is 4. The van der Waals surface area contributed by atoms with Crippen molar-refractivity contribution in [3.05, 3.63) is 95.1 Å². The van der Waals surface area contributed by atoms with Crippen molar-refractivity contribution in [1.82, 2.24) is 4.90 Å². The van der Waals surface area contributed by atoms with E-state index in [-0.39, 0.29) is 11.7 Å². The van der Waals surface area contributed by atoms with Crippen LogP contribution in [0.4, 0.5) is 0 Å². The van der Waals surface area contributed by atoms with Crippen LogP contribution in [-0.2, 0) is 0 Å². The second kappa shape index (κ2) is 11.2. The van der Waals surface area contributed by atoms with Crippen LogP contribution in [0.15, 0.2) is 72.8 Å². The minimum Gasteiger partial charge on any atom is -0.497 e. The van der Waals surface area contributed by atoms with E-state index in [2.05, 4.69) is 49.1 Å². The Morgan fingerprint density at radius 2 is 1.59 bits per heavy atom. The first-order valence-corrected chi connectivity index (χ1v) is 12.1. The van der Waals surface area contributed by atoms with Crippen molar-refractivity contribution in [2.45, 2.75) is 26.2 Å². The lowest BCUT2D eigenvalue weighted by Crippen LogP contribution is -2.27. The first-order chi connectivity index (χ1) is 16.6. The number of fused-ring (bicyclic) bond motifs is 1. The summed E-state index contributed by atoms with van der Waals surface area (Å²) in [4.78, 5) is 16.0. The summed E-state index contributed by atoms with van der Waals surface area (Å²) >= 11 is 0. The molecule has 3 aromatic carbocycles. The molecule has 1 aliphatic carbocycles. The van der Waals surface area contributed by atoms with E-state index in [4.69, 9.17) is 9.47 Å². The predicted molar refractivity (Wildman–Crippen MR) is 139 cm³/mol. The SMILES string of the molecule is CCN(CC)CCOc1ccc(C(=O)C2CC(c3ccc(OC)cc3)=Cc3ccccc32)cc1. The summed E-state index contributed by atoms with van der Waals surface area (Å²) in [5.41, 5.74) is 5.19. The second-order valence-corrected chi connectivity index (χ2v) is 8.55. The van der Waals surface area contributed by atoms with E-state index in [0.717, 1.165) is 53.4 Å². The number of methoxy groups -OCH3 is 1. The quantitative estimate of drug-likeness (QED) is 0.335. The maximum atomic E-state index is 13.6. The molecule has 0 fully saturated rings. The molecule has 0 radical (unpaired) electrons. The molecule has 34 heavy (non-hydrogen) atoms. The van der Waals surface area contributed by atoms with Crippen LogP contribution in [0.3, 0.4) is 0 Å². The summed E-state index contributed by atoms with van der Waals surface area (Å²) in [6, 6.07) is 23.8. The number of carbonyl (C=O) groups excluding carboxylic acids is 1. The largest absolute Gasteiger partial charge is 0.497 e. The molecule has 3 aromatic rings. The summed E-state index contributed by atoms with van der Waals surface area (Å²) in [5, 5.41) is 0. The fraction of sp³-hybridized carbons (Fsp3) is 0.300. The van der Waals surface area contributed by atoms with Gasteiger partial charge in [-0.2, -0.15) is 0 Å². The highest BCUT2D eigenvalue weighted by atomic mass is 16.5. The van der Waals surface area contributed by atoms with Gasteiger partial charge >= 0.3 is 0 Å².